The predicted molar refractivity (Wildman–Crippen MR) is 110 cm³/mol. The lowest BCUT2D eigenvalue weighted by atomic mass is 9.94. The maximum absolute atomic E-state index is 13.1. The first-order chi connectivity index (χ1) is 14.8. The van der Waals surface area contributed by atoms with Crippen LogP contribution in [0, 0.1) is 6.92 Å². The van der Waals surface area contributed by atoms with Gasteiger partial charge in [-0.05, 0) is 62.1 Å². The molecule has 3 heterocycles. The van der Waals surface area contributed by atoms with E-state index in [1.807, 2.05) is 37.3 Å². The maximum Gasteiger partial charge on any atom is 0.194 e. The highest BCUT2D eigenvalue weighted by Crippen LogP contribution is 2.38. The topological polar surface area (TPSA) is 83.5 Å². The zero-order valence-corrected chi connectivity index (χ0v) is 17.8. The van der Waals surface area contributed by atoms with Gasteiger partial charge in [-0.3, -0.25) is 4.79 Å². The zero-order valence-electron chi connectivity index (χ0n) is 17.8. The summed E-state index contributed by atoms with van der Waals surface area (Å²) in [7, 11) is 0. The van der Waals surface area contributed by atoms with Gasteiger partial charge >= 0.3 is 0 Å². The molecule has 5 rings (SSSR count). The Balaban J connectivity index is 1.35. The van der Waals surface area contributed by atoms with Crippen molar-refractivity contribution in [3.8, 4) is 11.5 Å². The predicted octanol–water partition coefficient (Wildman–Crippen LogP) is 2.78. The highest BCUT2D eigenvalue weighted by Gasteiger charge is 2.56. The van der Waals surface area contributed by atoms with Crippen LogP contribution in [0.1, 0.15) is 40.9 Å². The Hall–Kier alpha value is -2.45. The molecule has 0 aromatic heterocycles. The summed E-state index contributed by atoms with van der Waals surface area (Å²) in [6.07, 6.45) is -2.88. The summed E-state index contributed by atoms with van der Waals surface area (Å²) in [5, 5.41) is 10.6. The first kappa shape index (κ1) is 20.5. The van der Waals surface area contributed by atoms with Gasteiger partial charge < -0.3 is 28.8 Å². The van der Waals surface area contributed by atoms with Crippen molar-refractivity contribution in [3.63, 3.8) is 0 Å². The van der Waals surface area contributed by atoms with Crippen LogP contribution in [0.25, 0.3) is 0 Å². The second-order valence-corrected chi connectivity index (χ2v) is 8.68. The van der Waals surface area contributed by atoms with Crippen molar-refractivity contribution in [3.05, 3.63) is 58.7 Å². The smallest absolute Gasteiger partial charge is 0.194 e. The minimum atomic E-state index is -1.08. The van der Waals surface area contributed by atoms with Crippen LogP contribution in [0.5, 0.6) is 11.5 Å². The average molecular weight is 426 g/mol. The van der Waals surface area contributed by atoms with Crippen molar-refractivity contribution in [2.24, 2.45) is 0 Å². The molecule has 4 atom stereocenters. The van der Waals surface area contributed by atoms with Crippen LogP contribution in [-0.4, -0.2) is 54.5 Å². The lowest BCUT2D eigenvalue weighted by molar-refractivity contribution is -0.208. The molecule has 0 aliphatic carbocycles. The van der Waals surface area contributed by atoms with E-state index in [1.165, 1.54) is 0 Å². The number of carbonyl (C=O) groups is 1. The summed E-state index contributed by atoms with van der Waals surface area (Å²) < 4.78 is 28.3. The first-order valence-corrected chi connectivity index (χ1v) is 10.5. The molecule has 0 amide bonds. The van der Waals surface area contributed by atoms with E-state index in [0.717, 1.165) is 28.2 Å². The molecule has 0 spiro atoms. The van der Waals surface area contributed by atoms with Gasteiger partial charge in [-0.2, -0.15) is 0 Å². The van der Waals surface area contributed by atoms with E-state index in [0.29, 0.717) is 25.2 Å². The number of ether oxygens (including phenoxy) is 5. The fourth-order valence-corrected chi connectivity index (χ4v) is 4.31. The van der Waals surface area contributed by atoms with E-state index < -0.39 is 30.4 Å². The number of rotatable bonds is 4. The Kier molecular flexibility index (Phi) is 5.01. The number of hydrogen-bond donors (Lipinski definition) is 1. The van der Waals surface area contributed by atoms with E-state index in [1.54, 1.807) is 19.9 Å². The van der Waals surface area contributed by atoms with Crippen molar-refractivity contribution < 1.29 is 33.6 Å². The van der Waals surface area contributed by atoms with Crippen LogP contribution in [0.2, 0.25) is 0 Å². The Morgan fingerprint density at radius 1 is 1.06 bits per heavy atom. The lowest BCUT2D eigenvalue weighted by Gasteiger charge is -2.22. The van der Waals surface area contributed by atoms with Crippen molar-refractivity contribution in [2.45, 2.75) is 57.6 Å². The number of hydrogen-bond acceptors (Lipinski definition) is 7. The Morgan fingerprint density at radius 2 is 1.84 bits per heavy atom. The van der Waals surface area contributed by atoms with Crippen molar-refractivity contribution >= 4 is 5.78 Å². The third kappa shape index (κ3) is 3.83. The van der Waals surface area contributed by atoms with E-state index in [4.69, 9.17) is 23.7 Å². The molecule has 0 bridgehead atoms. The molecule has 0 saturated carbocycles. The number of aryl methyl sites for hydroxylation is 1. The average Bonchev–Trinajstić information content (AvgIpc) is 3.21. The molecule has 1 N–H and O–H groups in total. The summed E-state index contributed by atoms with van der Waals surface area (Å²) in [5.74, 6) is 0.368. The van der Waals surface area contributed by atoms with Crippen molar-refractivity contribution in [1.82, 2.24) is 0 Å². The monoisotopic (exact) mass is 426 g/mol. The van der Waals surface area contributed by atoms with Crippen LogP contribution in [-0.2, 0) is 20.6 Å². The van der Waals surface area contributed by atoms with Gasteiger partial charge in [0.1, 0.15) is 25.4 Å². The number of aliphatic hydroxyl groups excluding tert-OH is 1. The molecule has 7 heteroatoms. The fourth-order valence-electron chi connectivity index (χ4n) is 4.31. The van der Waals surface area contributed by atoms with Gasteiger partial charge in [0, 0.05) is 5.56 Å². The molecule has 164 valence electrons. The van der Waals surface area contributed by atoms with Crippen LogP contribution in [0.15, 0.2) is 36.4 Å². The fraction of sp³-hybridized carbons (Fsp3) is 0.458. The Bertz CT molecular complexity index is 1010. The Morgan fingerprint density at radius 3 is 2.61 bits per heavy atom. The van der Waals surface area contributed by atoms with Gasteiger partial charge in [0.05, 0.1) is 0 Å². The third-order valence-electron chi connectivity index (χ3n) is 5.91. The van der Waals surface area contributed by atoms with E-state index in [9.17, 15) is 9.90 Å². The SMILES string of the molecule is Cc1ccc(C(=O)[C@@H]2O[C@@H]3OC(C)(C)O[C@@H]3[C@@H]2O)cc1Cc1ccc2c(c1)OCCO2. The summed E-state index contributed by atoms with van der Waals surface area (Å²) in [4.78, 5) is 13.1. The van der Waals surface area contributed by atoms with Gasteiger partial charge in [-0.25, -0.2) is 0 Å². The molecule has 2 fully saturated rings. The molecule has 2 aromatic carbocycles. The van der Waals surface area contributed by atoms with Gasteiger partial charge in [-0.15, -0.1) is 0 Å². The van der Waals surface area contributed by atoms with Gasteiger partial charge in [0.15, 0.2) is 35.5 Å². The lowest BCUT2D eigenvalue weighted by Crippen LogP contribution is -2.38. The number of benzene rings is 2. The molecular formula is C24H26O7. The third-order valence-corrected chi connectivity index (χ3v) is 5.91. The van der Waals surface area contributed by atoms with E-state index in [2.05, 4.69) is 0 Å². The molecule has 31 heavy (non-hydrogen) atoms. The van der Waals surface area contributed by atoms with Crippen LogP contribution < -0.4 is 9.47 Å². The molecule has 7 nitrogen and oxygen atoms in total. The van der Waals surface area contributed by atoms with E-state index in [-0.39, 0.29) is 5.78 Å². The molecule has 3 aliphatic rings. The van der Waals surface area contributed by atoms with Crippen LogP contribution in [0.3, 0.4) is 0 Å². The van der Waals surface area contributed by atoms with Crippen LogP contribution >= 0.6 is 0 Å². The summed E-state index contributed by atoms with van der Waals surface area (Å²) in [6, 6.07) is 11.4. The zero-order chi connectivity index (χ0) is 21.8. The Labute approximate surface area is 180 Å². The quantitative estimate of drug-likeness (QED) is 0.753. The number of carbonyl (C=O) groups excluding carboxylic acids is 1. The molecule has 3 aliphatic heterocycles. The number of Topliss-reactive ketones (excluding diaryl/α,β-unsaturated/α-hetero) is 1. The maximum atomic E-state index is 13.1. The van der Waals surface area contributed by atoms with E-state index >= 15 is 0 Å². The number of ketones is 1. The largest absolute Gasteiger partial charge is 0.486 e. The van der Waals surface area contributed by atoms with Gasteiger partial charge in [0.2, 0.25) is 0 Å². The number of fused-ring (bicyclic) bond motifs is 2. The minimum Gasteiger partial charge on any atom is -0.486 e. The molecule has 0 unspecified atom stereocenters. The van der Waals surface area contributed by atoms with Gasteiger partial charge in [-0.1, -0.05) is 18.2 Å². The first-order valence-electron chi connectivity index (χ1n) is 10.5. The van der Waals surface area contributed by atoms with Gasteiger partial charge in [0.25, 0.3) is 0 Å². The second-order valence-electron chi connectivity index (χ2n) is 8.68. The standard InChI is InChI=1S/C24H26O7/c1-13-4-6-15(19(25)21-20(26)22-23(29-21)31-24(2,3)30-22)12-16(13)10-14-5-7-17-18(11-14)28-9-8-27-17/h4-7,11-12,20-23,26H,8-10H2,1-3H3/t20-,21+,22-,23-/m1/s1. The van der Waals surface area contributed by atoms with Crippen LogP contribution in [0.4, 0.5) is 0 Å². The summed E-state index contributed by atoms with van der Waals surface area (Å²) in [6.45, 7) is 6.61. The van der Waals surface area contributed by atoms with Crippen molar-refractivity contribution in [2.75, 3.05) is 13.2 Å². The highest BCUT2D eigenvalue weighted by atomic mass is 16.8. The molecular weight excluding hydrogens is 400 g/mol. The summed E-state index contributed by atoms with van der Waals surface area (Å²) in [5.41, 5.74) is 3.64. The molecule has 2 aromatic rings. The summed E-state index contributed by atoms with van der Waals surface area (Å²) >= 11 is 0. The molecule has 2 saturated heterocycles. The highest BCUT2D eigenvalue weighted by molar-refractivity contribution is 6.00. The van der Waals surface area contributed by atoms with Crippen molar-refractivity contribution in [1.29, 1.82) is 0 Å². The second kappa shape index (κ2) is 7.60. The normalized spacial score (nSPS) is 28.4. The minimum absolute atomic E-state index is 0.282. The molecule has 0 radical (unpaired) electrons. The number of aliphatic hydroxyl groups is 1.